The Hall–Kier alpha value is -7.16. The molecule has 0 aliphatic carbocycles. The lowest BCUT2D eigenvalue weighted by Gasteiger charge is -2.12. The molecular weight excluding hydrogens is 635 g/mol. The van der Waals surface area contributed by atoms with E-state index in [2.05, 4.69) is 102 Å². The minimum Gasteiger partial charge on any atom is -0.309 e. The molecular formula is C47H31N5. The third-order valence-corrected chi connectivity index (χ3v) is 9.64. The predicted octanol–water partition coefficient (Wildman–Crippen LogP) is 11.5. The molecule has 5 nitrogen and oxygen atoms in total. The molecule has 52 heavy (non-hydrogen) atoms. The Bertz CT molecular complexity index is 2740. The van der Waals surface area contributed by atoms with Crippen molar-refractivity contribution in [3.63, 3.8) is 0 Å². The number of nitriles is 1. The van der Waals surface area contributed by atoms with Crippen LogP contribution >= 0.6 is 0 Å². The van der Waals surface area contributed by atoms with Gasteiger partial charge in [0.1, 0.15) is 0 Å². The summed E-state index contributed by atoms with van der Waals surface area (Å²) in [5, 5.41) is 12.8. The molecule has 0 fully saturated rings. The minimum atomic E-state index is 0.515. The maximum atomic E-state index is 10.5. The molecule has 5 heteroatoms. The second-order valence-corrected chi connectivity index (χ2v) is 12.9. The molecule has 9 rings (SSSR count). The second kappa shape index (κ2) is 12.9. The standard InChI is InChI=1S/C47H31N5/c1-31-13-11-12-20-42(31)52-43-25-22-35(32-14-5-2-6-15-32)28-40(43)41-29-36(23-26-44(41)52)39-24-21-37(27-38(39)30-48)47-50-45(33-16-7-3-8-17-33)49-46(51-47)34-18-9-4-10-19-34/h2-29H,1H3. The van der Waals surface area contributed by atoms with Gasteiger partial charge in [-0.15, -0.1) is 0 Å². The summed E-state index contributed by atoms with van der Waals surface area (Å²) < 4.78 is 2.35. The lowest BCUT2D eigenvalue weighted by molar-refractivity contribution is 1.07. The van der Waals surface area contributed by atoms with Gasteiger partial charge in [0.05, 0.1) is 22.7 Å². The van der Waals surface area contributed by atoms with Gasteiger partial charge in [-0.25, -0.2) is 15.0 Å². The number of rotatable bonds is 6. The Morgan fingerprint density at radius 1 is 0.442 bits per heavy atom. The number of aryl methyl sites for hydroxylation is 1. The van der Waals surface area contributed by atoms with Crippen molar-refractivity contribution in [1.82, 2.24) is 19.5 Å². The van der Waals surface area contributed by atoms with E-state index in [1.54, 1.807) is 0 Å². The van der Waals surface area contributed by atoms with Crippen LogP contribution in [0.3, 0.4) is 0 Å². The topological polar surface area (TPSA) is 67.4 Å². The van der Waals surface area contributed by atoms with Crippen molar-refractivity contribution in [3.05, 3.63) is 181 Å². The fraction of sp³-hybridized carbons (Fsp3) is 0.0213. The molecule has 0 atom stereocenters. The van der Waals surface area contributed by atoms with Gasteiger partial charge in [0, 0.05) is 33.2 Å². The molecule has 9 aromatic rings. The highest BCUT2D eigenvalue weighted by Crippen LogP contribution is 2.39. The lowest BCUT2D eigenvalue weighted by Crippen LogP contribution is -2.00. The summed E-state index contributed by atoms with van der Waals surface area (Å²) in [4.78, 5) is 14.6. The van der Waals surface area contributed by atoms with Crippen LogP contribution in [0.25, 0.3) is 83.9 Å². The van der Waals surface area contributed by atoms with E-state index in [-0.39, 0.29) is 0 Å². The maximum Gasteiger partial charge on any atom is 0.164 e. The van der Waals surface area contributed by atoms with E-state index in [1.165, 1.54) is 11.1 Å². The van der Waals surface area contributed by atoms with Crippen LogP contribution in [0.15, 0.2) is 170 Å². The van der Waals surface area contributed by atoms with Gasteiger partial charge < -0.3 is 4.57 Å². The van der Waals surface area contributed by atoms with Crippen LogP contribution in [0.1, 0.15) is 11.1 Å². The van der Waals surface area contributed by atoms with E-state index >= 15 is 0 Å². The molecule has 0 aliphatic rings. The van der Waals surface area contributed by atoms with Crippen molar-refractivity contribution in [1.29, 1.82) is 5.26 Å². The van der Waals surface area contributed by atoms with Gasteiger partial charge in [-0.05, 0) is 71.1 Å². The van der Waals surface area contributed by atoms with Crippen LogP contribution < -0.4 is 0 Å². The monoisotopic (exact) mass is 665 g/mol. The number of hydrogen-bond acceptors (Lipinski definition) is 4. The fourth-order valence-corrected chi connectivity index (χ4v) is 7.04. The predicted molar refractivity (Wildman–Crippen MR) is 211 cm³/mol. The molecule has 0 radical (unpaired) electrons. The number of para-hydroxylation sites is 1. The summed E-state index contributed by atoms with van der Waals surface area (Å²) in [6.07, 6.45) is 0. The van der Waals surface area contributed by atoms with Crippen molar-refractivity contribution in [2.45, 2.75) is 6.92 Å². The zero-order valence-electron chi connectivity index (χ0n) is 28.4. The van der Waals surface area contributed by atoms with E-state index in [0.717, 1.165) is 60.9 Å². The maximum absolute atomic E-state index is 10.5. The first-order chi connectivity index (χ1) is 25.6. The zero-order valence-corrected chi connectivity index (χ0v) is 28.4. The number of aromatic nitrogens is 4. The first-order valence-corrected chi connectivity index (χ1v) is 17.3. The summed E-state index contributed by atoms with van der Waals surface area (Å²) >= 11 is 0. The van der Waals surface area contributed by atoms with Gasteiger partial charge in [-0.3, -0.25) is 0 Å². The van der Waals surface area contributed by atoms with Gasteiger partial charge >= 0.3 is 0 Å². The fourth-order valence-electron chi connectivity index (χ4n) is 7.04. The van der Waals surface area contributed by atoms with Crippen LogP contribution in [0.2, 0.25) is 0 Å². The van der Waals surface area contributed by atoms with E-state index in [0.29, 0.717) is 23.0 Å². The van der Waals surface area contributed by atoms with Crippen LogP contribution in [0, 0.1) is 18.3 Å². The highest BCUT2D eigenvalue weighted by Gasteiger charge is 2.18. The van der Waals surface area contributed by atoms with Crippen LogP contribution in [-0.2, 0) is 0 Å². The summed E-state index contributed by atoms with van der Waals surface area (Å²) in [6.45, 7) is 2.15. The van der Waals surface area contributed by atoms with Gasteiger partial charge in [0.25, 0.3) is 0 Å². The average molecular weight is 666 g/mol. The first-order valence-electron chi connectivity index (χ1n) is 17.3. The van der Waals surface area contributed by atoms with Gasteiger partial charge in [0.2, 0.25) is 0 Å². The van der Waals surface area contributed by atoms with E-state index < -0.39 is 0 Å². The molecule has 0 amide bonds. The molecule has 0 N–H and O–H groups in total. The largest absolute Gasteiger partial charge is 0.309 e. The molecule has 0 saturated heterocycles. The van der Waals surface area contributed by atoms with Crippen molar-refractivity contribution < 1.29 is 0 Å². The van der Waals surface area contributed by atoms with Crippen molar-refractivity contribution >= 4 is 21.8 Å². The molecule has 0 bridgehead atoms. The number of nitrogens with zero attached hydrogens (tertiary/aromatic N) is 5. The number of hydrogen-bond donors (Lipinski definition) is 0. The van der Waals surface area contributed by atoms with Gasteiger partial charge in [-0.1, -0.05) is 133 Å². The highest BCUT2D eigenvalue weighted by atomic mass is 15.0. The van der Waals surface area contributed by atoms with Crippen LogP contribution in [-0.4, -0.2) is 19.5 Å². The molecule has 0 spiro atoms. The quantitative estimate of drug-likeness (QED) is 0.177. The molecule has 0 unspecified atom stereocenters. The molecule has 7 aromatic carbocycles. The Kier molecular flexibility index (Phi) is 7.68. The molecule has 2 heterocycles. The Morgan fingerprint density at radius 3 is 1.50 bits per heavy atom. The van der Waals surface area contributed by atoms with E-state index in [9.17, 15) is 5.26 Å². The second-order valence-electron chi connectivity index (χ2n) is 12.9. The third-order valence-electron chi connectivity index (χ3n) is 9.64. The minimum absolute atomic E-state index is 0.515. The van der Waals surface area contributed by atoms with Crippen molar-refractivity contribution in [3.8, 4) is 68.2 Å². The lowest BCUT2D eigenvalue weighted by atomic mass is 9.96. The molecule has 0 aliphatic heterocycles. The van der Waals surface area contributed by atoms with Crippen LogP contribution in [0.4, 0.5) is 0 Å². The Morgan fingerprint density at radius 2 is 0.923 bits per heavy atom. The SMILES string of the molecule is Cc1ccccc1-n1c2ccc(-c3ccccc3)cc2c2cc(-c3ccc(-c4nc(-c5ccccc5)nc(-c5ccccc5)n4)cc3C#N)ccc21. The Balaban J connectivity index is 1.20. The summed E-state index contributed by atoms with van der Waals surface area (Å²) in [5.74, 6) is 1.68. The summed E-state index contributed by atoms with van der Waals surface area (Å²) in [5.41, 5.74) is 11.8. The third kappa shape index (κ3) is 5.49. The number of fused-ring (bicyclic) bond motifs is 3. The van der Waals surface area contributed by atoms with Crippen molar-refractivity contribution in [2.24, 2.45) is 0 Å². The smallest absolute Gasteiger partial charge is 0.164 e. The van der Waals surface area contributed by atoms with Crippen molar-refractivity contribution in [2.75, 3.05) is 0 Å². The van der Waals surface area contributed by atoms with E-state index in [4.69, 9.17) is 15.0 Å². The van der Waals surface area contributed by atoms with E-state index in [1.807, 2.05) is 84.9 Å². The summed E-state index contributed by atoms with van der Waals surface area (Å²) in [7, 11) is 0. The van der Waals surface area contributed by atoms with Crippen LogP contribution in [0.5, 0.6) is 0 Å². The van der Waals surface area contributed by atoms with Gasteiger partial charge in [0.15, 0.2) is 17.5 Å². The Labute approximate surface area is 301 Å². The normalized spacial score (nSPS) is 11.2. The average Bonchev–Trinajstić information content (AvgIpc) is 3.54. The number of benzene rings is 7. The van der Waals surface area contributed by atoms with Gasteiger partial charge in [-0.2, -0.15) is 5.26 Å². The highest BCUT2D eigenvalue weighted by molar-refractivity contribution is 6.12. The molecule has 2 aromatic heterocycles. The first kappa shape index (κ1) is 30.9. The molecule has 0 saturated carbocycles. The summed E-state index contributed by atoms with van der Waals surface area (Å²) in [6, 6.07) is 60.4. The zero-order chi connectivity index (χ0) is 35.0. The molecule has 244 valence electrons.